The highest BCUT2D eigenvalue weighted by Gasteiger charge is 2.31. The molecule has 1 N–H and O–H groups in total. The normalized spacial score (nSPS) is 20.0. The Bertz CT molecular complexity index is 484. The van der Waals surface area contributed by atoms with Crippen LogP contribution in [0.5, 0.6) is 0 Å². The van der Waals surface area contributed by atoms with Gasteiger partial charge in [0.2, 0.25) is 0 Å². The van der Waals surface area contributed by atoms with E-state index < -0.39 is 0 Å². The first-order chi connectivity index (χ1) is 9.03. The molecule has 4 heteroatoms. The quantitative estimate of drug-likeness (QED) is 0.833. The lowest BCUT2D eigenvalue weighted by molar-refractivity contribution is 0.0365. The SMILES string of the molecule is CN1CCN(Cc2sccc2C#CCO)CC1(C)C. The van der Waals surface area contributed by atoms with E-state index in [0.29, 0.717) is 0 Å². The van der Waals surface area contributed by atoms with Gasteiger partial charge in [-0.15, -0.1) is 11.3 Å². The van der Waals surface area contributed by atoms with Crippen LogP contribution in [0.15, 0.2) is 11.4 Å². The van der Waals surface area contributed by atoms with E-state index in [2.05, 4.69) is 47.9 Å². The Kier molecular flexibility index (Phi) is 4.64. The Morgan fingerprint density at radius 3 is 2.89 bits per heavy atom. The Morgan fingerprint density at radius 2 is 2.21 bits per heavy atom. The van der Waals surface area contributed by atoms with E-state index in [-0.39, 0.29) is 12.1 Å². The van der Waals surface area contributed by atoms with Gasteiger partial charge in [0.1, 0.15) is 6.61 Å². The molecule has 2 heterocycles. The molecule has 0 unspecified atom stereocenters. The summed E-state index contributed by atoms with van der Waals surface area (Å²) < 4.78 is 0. The zero-order valence-corrected chi connectivity index (χ0v) is 12.8. The molecule has 3 nitrogen and oxygen atoms in total. The molecule has 0 aromatic carbocycles. The van der Waals surface area contributed by atoms with Crippen LogP contribution in [-0.4, -0.2) is 53.7 Å². The second-order valence-electron chi connectivity index (χ2n) is 5.66. The fourth-order valence-corrected chi connectivity index (χ4v) is 3.26. The summed E-state index contributed by atoms with van der Waals surface area (Å²) in [5.74, 6) is 5.77. The van der Waals surface area contributed by atoms with E-state index in [1.54, 1.807) is 11.3 Å². The maximum atomic E-state index is 8.79. The second kappa shape index (κ2) is 6.06. The largest absolute Gasteiger partial charge is 0.384 e. The second-order valence-corrected chi connectivity index (χ2v) is 6.66. The number of piperazine rings is 1. The van der Waals surface area contributed by atoms with Crippen molar-refractivity contribution >= 4 is 11.3 Å². The maximum Gasteiger partial charge on any atom is 0.104 e. The summed E-state index contributed by atoms with van der Waals surface area (Å²) in [4.78, 5) is 6.22. The van der Waals surface area contributed by atoms with Crippen LogP contribution in [0.1, 0.15) is 24.3 Å². The molecular weight excluding hydrogens is 256 g/mol. The predicted octanol–water partition coefficient (Wildman–Crippen LogP) is 1.62. The zero-order chi connectivity index (χ0) is 13.9. The Balaban J connectivity index is 2.04. The van der Waals surface area contributed by atoms with E-state index in [4.69, 9.17) is 5.11 Å². The highest BCUT2D eigenvalue weighted by Crippen LogP contribution is 2.23. The summed E-state index contributed by atoms with van der Waals surface area (Å²) in [6.45, 7) is 8.76. The Hall–Kier alpha value is -0.860. The number of aliphatic hydroxyl groups is 1. The van der Waals surface area contributed by atoms with Crippen molar-refractivity contribution in [3.05, 3.63) is 21.9 Å². The van der Waals surface area contributed by atoms with Gasteiger partial charge in [0.05, 0.1) is 0 Å². The fourth-order valence-electron chi connectivity index (χ4n) is 2.39. The molecule has 0 saturated carbocycles. The van der Waals surface area contributed by atoms with Gasteiger partial charge in [-0.25, -0.2) is 0 Å². The lowest BCUT2D eigenvalue weighted by atomic mass is 9.99. The van der Waals surface area contributed by atoms with Crippen molar-refractivity contribution in [1.82, 2.24) is 9.80 Å². The predicted molar refractivity (Wildman–Crippen MR) is 80.3 cm³/mol. The molecule has 1 fully saturated rings. The summed E-state index contributed by atoms with van der Waals surface area (Å²) in [7, 11) is 2.20. The van der Waals surface area contributed by atoms with Gasteiger partial charge in [-0.1, -0.05) is 11.8 Å². The first-order valence-corrected chi connectivity index (χ1v) is 7.50. The van der Waals surface area contributed by atoms with Crippen LogP contribution < -0.4 is 0 Å². The average molecular weight is 278 g/mol. The van der Waals surface area contributed by atoms with Gasteiger partial charge in [-0.2, -0.15) is 0 Å². The van der Waals surface area contributed by atoms with Crippen LogP contribution in [0.3, 0.4) is 0 Å². The molecule has 1 aliphatic rings. The summed E-state index contributed by atoms with van der Waals surface area (Å²) in [5.41, 5.74) is 1.29. The Morgan fingerprint density at radius 1 is 1.42 bits per heavy atom. The topological polar surface area (TPSA) is 26.7 Å². The molecule has 2 rings (SSSR count). The van der Waals surface area contributed by atoms with E-state index in [1.807, 2.05) is 6.07 Å². The van der Waals surface area contributed by atoms with Crippen LogP contribution in [0, 0.1) is 11.8 Å². The van der Waals surface area contributed by atoms with Gasteiger partial charge in [0, 0.05) is 42.2 Å². The van der Waals surface area contributed by atoms with Gasteiger partial charge in [-0.3, -0.25) is 9.80 Å². The summed E-state index contributed by atoms with van der Waals surface area (Å²) in [5, 5.41) is 10.9. The van der Waals surface area contributed by atoms with Gasteiger partial charge in [-0.05, 0) is 32.3 Å². The number of hydrogen-bond donors (Lipinski definition) is 1. The highest BCUT2D eigenvalue weighted by atomic mass is 32.1. The zero-order valence-electron chi connectivity index (χ0n) is 11.9. The van der Waals surface area contributed by atoms with Crippen molar-refractivity contribution in [2.24, 2.45) is 0 Å². The average Bonchev–Trinajstić information content (AvgIpc) is 2.78. The third kappa shape index (κ3) is 3.58. The molecule has 0 atom stereocenters. The first-order valence-electron chi connectivity index (χ1n) is 6.62. The summed E-state index contributed by atoms with van der Waals surface area (Å²) in [6, 6.07) is 2.05. The van der Waals surface area contributed by atoms with Crippen molar-refractivity contribution in [3.63, 3.8) is 0 Å². The third-order valence-electron chi connectivity index (χ3n) is 3.81. The van der Waals surface area contributed by atoms with Crippen molar-refractivity contribution < 1.29 is 5.11 Å². The monoisotopic (exact) mass is 278 g/mol. The fraction of sp³-hybridized carbons (Fsp3) is 0.600. The molecule has 19 heavy (non-hydrogen) atoms. The lowest BCUT2D eigenvalue weighted by Gasteiger charge is -2.45. The molecule has 0 aliphatic carbocycles. The highest BCUT2D eigenvalue weighted by molar-refractivity contribution is 7.10. The van der Waals surface area contributed by atoms with E-state index in [1.165, 1.54) is 4.88 Å². The minimum absolute atomic E-state index is 0.0726. The van der Waals surface area contributed by atoms with E-state index in [0.717, 1.165) is 31.7 Å². The van der Waals surface area contributed by atoms with Crippen LogP contribution in [0.4, 0.5) is 0 Å². The number of thiophene rings is 1. The molecule has 0 spiro atoms. The van der Waals surface area contributed by atoms with Crippen LogP contribution in [0.25, 0.3) is 0 Å². The van der Waals surface area contributed by atoms with E-state index >= 15 is 0 Å². The standard InChI is InChI=1S/C15H22N2OS/c1-15(2)12-17(8-7-16(15)3)11-14-13(5-4-9-18)6-10-19-14/h6,10,18H,7-9,11-12H2,1-3H3. The molecule has 0 bridgehead atoms. The number of likely N-dealkylation sites (N-methyl/N-ethyl adjacent to an activating group) is 1. The third-order valence-corrected chi connectivity index (χ3v) is 4.72. The number of aliphatic hydroxyl groups excluding tert-OH is 1. The summed E-state index contributed by atoms with van der Waals surface area (Å²) in [6.07, 6.45) is 0. The lowest BCUT2D eigenvalue weighted by Crippen LogP contribution is -2.57. The van der Waals surface area contributed by atoms with Crippen molar-refractivity contribution in [2.45, 2.75) is 25.9 Å². The molecule has 1 aliphatic heterocycles. The van der Waals surface area contributed by atoms with Gasteiger partial charge >= 0.3 is 0 Å². The molecule has 1 saturated heterocycles. The van der Waals surface area contributed by atoms with Crippen molar-refractivity contribution in [2.75, 3.05) is 33.3 Å². The first kappa shape index (κ1) is 14.5. The molecule has 1 aromatic heterocycles. The van der Waals surface area contributed by atoms with Crippen molar-refractivity contribution in [1.29, 1.82) is 0 Å². The maximum absolute atomic E-state index is 8.79. The molecule has 0 amide bonds. The van der Waals surface area contributed by atoms with Gasteiger partial charge in [0.15, 0.2) is 0 Å². The van der Waals surface area contributed by atoms with E-state index in [9.17, 15) is 0 Å². The minimum atomic E-state index is -0.0726. The molecule has 1 aromatic rings. The smallest absolute Gasteiger partial charge is 0.104 e. The summed E-state index contributed by atoms with van der Waals surface area (Å²) >= 11 is 1.76. The van der Waals surface area contributed by atoms with Crippen LogP contribution in [0.2, 0.25) is 0 Å². The van der Waals surface area contributed by atoms with Crippen molar-refractivity contribution in [3.8, 4) is 11.8 Å². The number of nitrogens with zero attached hydrogens (tertiary/aromatic N) is 2. The van der Waals surface area contributed by atoms with Crippen LogP contribution >= 0.6 is 11.3 Å². The van der Waals surface area contributed by atoms with Gasteiger partial charge < -0.3 is 5.11 Å². The Labute approximate surface area is 119 Å². The number of rotatable bonds is 2. The van der Waals surface area contributed by atoms with Gasteiger partial charge in [0.25, 0.3) is 0 Å². The molecule has 0 radical (unpaired) electrons. The molecule has 104 valence electrons. The molecular formula is C15H22N2OS. The number of hydrogen-bond acceptors (Lipinski definition) is 4. The van der Waals surface area contributed by atoms with Crippen LogP contribution in [-0.2, 0) is 6.54 Å². The minimum Gasteiger partial charge on any atom is -0.384 e.